The standard InChI is InChI=1S/C28H50N2/c1-25(2)18-23-29(24-19-26(3)4)20-12-8-6-5-7-9-13-21-30-22-14-16-27-15-10-11-17-28(27)30/h10-11,15,17,25-26H,5-9,12-14,16,18-24H2,1-4H3. The molecule has 0 unspecified atom stereocenters. The zero-order valence-electron chi connectivity index (χ0n) is 20.7. The lowest BCUT2D eigenvalue weighted by atomic mass is 10.0. The average molecular weight is 415 g/mol. The van der Waals surface area contributed by atoms with Crippen molar-refractivity contribution >= 4 is 5.69 Å². The maximum atomic E-state index is 2.73. The Morgan fingerprint density at radius 1 is 0.767 bits per heavy atom. The van der Waals surface area contributed by atoms with Crippen LogP contribution in [0.4, 0.5) is 5.69 Å². The van der Waals surface area contributed by atoms with E-state index in [2.05, 4.69) is 61.8 Å². The largest absolute Gasteiger partial charge is 0.371 e. The van der Waals surface area contributed by atoms with E-state index in [0.717, 1.165) is 11.8 Å². The molecular formula is C28H50N2. The topological polar surface area (TPSA) is 6.48 Å². The molecule has 172 valence electrons. The highest BCUT2D eigenvalue weighted by atomic mass is 15.1. The summed E-state index contributed by atoms with van der Waals surface area (Å²) in [7, 11) is 0. The predicted molar refractivity (Wildman–Crippen MR) is 135 cm³/mol. The number of hydrogen-bond donors (Lipinski definition) is 0. The van der Waals surface area contributed by atoms with E-state index in [1.165, 1.54) is 109 Å². The SMILES string of the molecule is CC(C)CCN(CCCCCCCCCN1CCCc2ccccc21)CCC(C)C. The summed E-state index contributed by atoms with van der Waals surface area (Å²) in [5, 5.41) is 0. The maximum absolute atomic E-state index is 2.73. The van der Waals surface area contributed by atoms with Gasteiger partial charge in [0.25, 0.3) is 0 Å². The zero-order chi connectivity index (χ0) is 21.6. The highest BCUT2D eigenvalue weighted by Crippen LogP contribution is 2.26. The predicted octanol–water partition coefficient (Wildman–Crippen LogP) is 7.56. The molecule has 2 nitrogen and oxygen atoms in total. The van der Waals surface area contributed by atoms with E-state index in [1.54, 1.807) is 5.56 Å². The first-order valence-electron chi connectivity index (χ1n) is 13.1. The van der Waals surface area contributed by atoms with Gasteiger partial charge in [0.2, 0.25) is 0 Å². The van der Waals surface area contributed by atoms with Crippen molar-refractivity contribution in [1.29, 1.82) is 0 Å². The Hall–Kier alpha value is -1.02. The van der Waals surface area contributed by atoms with Crippen molar-refractivity contribution in [2.24, 2.45) is 11.8 Å². The number of anilines is 1. The van der Waals surface area contributed by atoms with Crippen LogP contribution in [-0.4, -0.2) is 37.6 Å². The van der Waals surface area contributed by atoms with Gasteiger partial charge in [-0.2, -0.15) is 0 Å². The number of para-hydroxylation sites is 1. The van der Waals surface area contributed by atoms with Crippen LogP contribution in [-0.2, 0) is 6.42 Å². The lowest BCUT2D eigenvalue weighted by Crippen LogP contribution is -2.30. The summed E-state index contributed by atoms with van der Waals surface area (Å²) in [6, 6.07) is 9.02. The Kier molecular flexibility index (Phi) is 12.5. The van der Waals surface area contributed by atoms with Crippen LogP contribution in [0.15, 0.2) is 24.3 Å². The number of aryl methyl sites for hydroxylation is 1. The molecule has 1 aromatic carbocycles. The van der Waals surface area contributed by atoms with Crippen LogP contribution in [0.5, 0.6) is 0 Å². The van der Waals surface area contributed by atoms with Gasteiger partial charge in [-0.15, -0.1) is 0 Å². The Labute approximate surface area is 188 Å². The second-order valence-corrected chi connectivity index (χ2v) is 10.4. The van der Waals surface area contributed by atoms with E-state index >= 15 is 0 Å². The van der Waals surface area contributed by atoms with Crippen molar-refractivity contribution in [3.05, 3.63) is 29.8 Å². The van der Waals surface area contributed by atoms with Crippen molar-refractivity contribution in [2.45, 2.75) is 98.3 Å². The highest BCUT2D eigenvalue weighted by Gasteiger charge is 2.15. The van der Waals surface area contributed by atoms with Crippen molar-refractivity contribution < 1.29 is 0 Å². The molecule has 0 amide bonds. The fraction of sp³-hybridized carbons (Fsp3) is 0.786. The Bertz CT molecular complexity index is 539. The third kappa shape index (κ3) is 10.3. The molecular weight excluding hydrogens is 364 g/mol. The molecule has 1 aliphatic rings. The van der Waals surface area contributed by atoms with Crippen molar-refractivity contribution in [3.63, 3.8) is 0 Å². The molecule has 0 radical (unpaired) electrons. The first-order chi connectivity index (χ1) is 14.6. The van der Waals surface area contributed by atoms with Crippen LogP contribution in [0.1, 0.15) is 97.5 Å². The molecule has 1 heterocycles. The van der Waals surface area contributed by atoms with E-state index in [9.17, 15) is 0 Å². The second-order valence-electron chi connectivity index (χ2n) is 10.4. The second kappa shape index (κ2) is 14.9. The molecule has 1 aromatic rings. The van der Waals surface area contributed by atoms with Crippen LogP contribution in [0.2, 0.25) is 0 Å². The normalized spacial score (nSPS) is 14.2. The Balaban J connectivity index is 1.50. The number of benzene rings is 1. The van der Waals surface area contributed by atoms with E-state index in [1.807, 2.05) is 0 Å². The van der Waals surface area contributed by atoms with E-state index in [0.29, 0.717) is 0 Å². The lowest BCUT2D eigenvalue weighted by Gasteiger charge is -2.31. The molecule has 0 bridgehead atoms. The minimum atomic E-state index is 0.824. The average Bonchev–Trinajstić information content (AvgIpc) is 2.73. The monoisotopic (exact) mass is 414 g/mol. The molecule has 0 saturated carbocycles. The van der Waals surface area contributed by atoms with Crippen LogP contribution in [0, 0.1) is 11.8 Å². The van der Waals surface area contributed by atoms with Crippen molar-refractivity contribution in [2.75, 3.05) is 37.6 Å². The summed E-state index contributed by atoms with van der Waals surface area (Å²) in [5.41, 5.74) is 3.06. The Morgan fingerprint density at radius 3 is 2.03 bits per heavy atom. The fourth-order valence-electron chi connectivity index (χ4n) is 4.58. The molecule has 2 rings (SSSR count). The molecule has 0 aliphatic carbocycles. The summed E-state index contributed by atoms with van der Waals surface area (Å²) in [5.74, 6) is 1.65. The Morgan fingerprint density at radius 2 is 1.37 bits per heavy atom. The van der Waals surface area contributed by atoms with Crippen LogP contribution >= 0.6 is 0 Å². The van der Waals surface area contributed by atoms with Crippen molar-refractivity contribution in [3.8, 4) is 0 Å². The summed E-state index contributed by atoms with van der Waals surface area (Å²) in [6.07, 6.45) is 15.1. The third-order valence-corrected chi connectivity index (χ3v) is 6.65. The van der Waals surface area contributed by atoms with Gasteiger partial charge in [0.05, 0.1) is 0 Å². The molecule has 1 aliphatic heterocycles. The van der Waals surface area contributed by atoms with Crippen LogP contribution in [0.25, 0.3) is 0 Å². The van der Waals surface area contributed by atoms with E-state index in [-0.39, 0.29) is 0 Å². The summed E-state index contributed by atoms with van der Waals surface area (Å²) in [4.78, 5) is 5.36. The molecule has 0 spiro atoms. The third-order valence-electron chi connectivity index (χ3n) is 6.65. The maximum Gasteiger partial charge on any atom is 0.0398 e. The van der Waals surface area contributed by atoms with Gasteiger partial charge < -0.3 is 9.80 Å². The van der Waals surface area contributed by atoms with Gasteiger partial charge in [-0.05, 0) is 81.6 Å². The first kappa shape index (κ1) is 25.2. The summed E-state index contributed by atoms with van der Waals surface area (Å²) < 4.78 is 0. The highest BCUT2D eigenvalue weighted by molar-refractivity contribution is 5.55. The fourth-order valence-corrected chi connectivity index (χ4v) is 4.58. The van der Waals surface area contributed by atoms with E-state index in [4.69, 9.17) is 0 Å². The minimum absolute atomic E-state index is 0.824. The lowest BCUT2D eigenvalue weighted by molar-refractivity contribution is 0.238. The van der Waals surface area contributed by atoms with Crippen molar-refractivity contribution in [1.82, 2.24) is 4.90 Å². The zero-order valence-corrected chi connectivity index (χ0v) is 20.7. The van der Waals surface area contributed by atoms with Gasteiger partial charge >= 0.3 is 0 Å². The van der Waals surface area contributed by atoms with Gasteiger partial charge in [0.15, 0.2) is 0 Å². The quantitative estimate of drug-likeness (QED) is 0.257. The molecule has 30 heavy (non-hydrogen) atoms. The number of rotatable bonds is 16. The minimum Gasteiger partial charge on any atom is -0.371 e. The van der Waals surface area contributed by atoms with Gasteiger partial charge in [-0.1, -0.05) is 78.0 Å². The number of hydrogen-bond acceptors (Lipinski definition) is 2. The van der Waals surface area contributed by atoms with Gasteiger partial charge in [0, 0.05) is 18.8 Å². The molecule has 0 N–H and O–H groups in total. The number of unbranched alkanes of at least 4 members (excludes halogenated alkanes) is 6. The first-order valence-corrected chi connectivity index (χ1v) is 13.1. The van der Waals surface area contributed by atoms with E-state index < -0.39 is 0 Å². The van der Waals surface area contributed by atoms with Gasteiger partial charge in [0.1, 0.15) is 0 Å². The molecule has 0 atom stereocenters. The number of fused-ring (bicyclic) bond motifs is 1. The molecule has 0 aromatic heterocycles. The smallest absolute Gasteiger partial charge is 0.0398 e. The van der Waals surface area contributed by atoms with Gasteiger partial charge in [-0.25, -0.2) is 0 Å². The van der Waals surface area contributed by atoms with Crippen LogP contribution in [0.3, 0.4) is 0 Å². The van der Waals surface area contributed by atoms with Crippen LogP contribution < -0.4 is 4.90 Å². The molecule has 2 heteroatoms. The molecule has 0 fully saturated rings. The summed E-state index contributed by atoms with van der Waals surface area (Å²) >= 11 is 0. The number of nitrogens with zero attached hydrogens (tertiary/aromatic N) is 2. The summed E-state index contributed by atoms with van der Waals surface area (Å²) in [6.45, 7) is 15.8. The molecule has 0 saturated heterocycles. The van der Waals surface area contributed by atoms with Gasteiger partial charge in [-0.3, -0.25) is 0 Å².